The molecule has 5 rings (SSSR count). The van der Waals surface area contributed by atoms with E-state index in [1.165, 1.54) is 5.56 Å². The van der Waals surface area contributed by atoms with Gasteiger partial charge < -0.3 is 5.32 Å². The van der Waals surface area contributed by atoms with Crippen LogP contribution in [0.1, 0.15) is 5.56 Å². The fourth-order valence-electron chi connectivity index (χ4n) is 3.11. The Morgan fingerprint density at radius 1 is 0.862 bits per heavy atom. The van der Waals surface area contributed by atoms with Gasteiger partial charge in [-0.15, -0.1) is 11.3 Å². The van der Waals surface area contributed by atoms with E-state index in [0.29, 0.717) is 6.54 Å². The summed E-state index contributed by atoms with van der Waals surface area (Å²) in [6.45, 7) is 0.707. The predicted octanol–water partition coefficient (Wildman–Crippen LogP) is 7.35. The normalized spacial score (nSPS) is 11.1. The highest BCUT2D eigenvalue weighted by Crippen LogP contribution is 2.31. The third-order valence-corrected chi connectivity index (χ3v) is 6.64. The van der Waals surface area contributed by atoms with E-state index in [1.54, 1.807) is 22.7 Å². The SMILES string of the molecule is Clc1ccc2nc(NCc3cccc(-c4nc(-c5ccccc5)cs4)c3)sc2c1. The number of halogens is 1. The van der Waals surface area contributed by atoms with Gasteiger partial charge in [-0.3, -0.25) is 0 Å². The highest BCUT2D eigenvalue weighted by molar-refractivity contribution is 7.22. The lowest BCUT2D eigenvalue weighted by Gasteiger charge is -2.04. The van der Waals surface area contributed by atoms with Gasteiger partial charge >= 0.3 is 0 Å². The fraction of sp³-hybridized carbons (Fsp3) is 0.0435. The number of fused-ring (bicyclic) bond motifs is 1. The van der Waals surface area contributed by atoms with Crippen molar-refractivity contribution in [3.05, 3.63) is 88.8 Å². The third kappa shape index (κ3) is 4.03. The molecule has 29 heavy (non-hydrogen) atoms. The topological polar surface area (TPSA) is 37.8 Å². The fourth-order valence-corrected chi connectivity index (χ4v) is 5.08. The third-order valence-electron chi connectivity index (χ3n) is 4.54. The minimum Gasteiger partial charge on any atom is -0.357 e. The Bertz CT molecular complexity index is 1280. The number of anilines is 1. The van der Waals surface area contributed by atoms with Crippen LogP contribution in [0.5, 0.6) is 0 Å². The van der Waals surface area contributed by atoms with Crippen LogP contribution in [0, 0.1) is 0 Å². The molecule has 0 amide bonds. The maximum Gasteiger partial charge on any atom is 0.184 e. The highest BCUT2D eigenvalue weighted by atomic mass is 35.5. The second kappa shape index (κ2) is 7.95. The summed E-state index contributed by atoms with van der Waals surface area (Å²) < 4.78 is 1.09. The molecule has 5 aromatic rings. The van der Waals surface area contributed by atoms with E-state index in [2.05, 4.69) is 52.1 Å². The van der Waals surface area contributed by atoms with Gasteiger partial charge in [0.15, 0.2) is 5.13 Å². The van der Waals surface area contributed by atoms with E-state index in [4.69, 9.17) is 16.6 Å². The minimum absolute atomic E-state index is 0.707. The van der Waals surface area contributed by atoms with Crippen LogP contribution in [-0.2, 0) is 6.54 Å². The number of nitrogens with zero attached hydrogens (tertiary/aromatic N) is 2. The molecule has 0 spiro atoms. The van der Waals surface area contributed by atoms with Crippen molar-refractivity contribution in [2.75, 3.05) is 5.32 Å². The number of nitrogens with one attached hydrogen (secondary N) is 1. The lowest BCUT2D eigenvalue weighted by Crippen LogP contribution is -1.98. The second-order valence-corrected chi connectivity index (χ2v) is 8.91. The molecule has 0 radical (unpaired) electrons. The van der Waals surface area contributed by atoms with E-state index < -0.39 is 0 Å². The van der Waals surface area contributed by atoms with Crippen LogP contribution in [-0.4, -0.2) is 9.97 Å². The lowest BCUT2D eigenvalue weighted by molar-refractivity contribution is 1.14. The van der Waals surface area contributed by atoms with Crippen molar-refractivity contribution in [1.29, 1.82) is 0 Å². The van der Waals surface area contributed by atoms with Crippen LogP contribution >= 0.6 is 34.3 Å². The second-order valence-electron chi connectivity index (χ2n) is 6.59. The molecule has 0 saturated heterocycles. The number of thiazole rings is 2. The van der Waals surface area contributed by atoms with E-state index in [-0.39, 0.29) is 0 Å². The molecule has 0 saturated carbocycles. The first-order valence-corrected chi connectivity index (χ1v) is 11.2. The quantitative estimate of drug-likeness (QED) is 0.314. The molecular formula is C23H16ClN3S2. The summed E-state index contributed by atoms with van der Waals surface area (Å²) >= 11 is 9.36. The average molecular weight is 434 g/mol. The summed E-state index contributed by atoms with van der Waals surface area (Å²) in [6.07, 6.45) is 0. The van der Waals surface area contributed by atoms with Crippen LogP contribution in [0.4, 0.5) is 5.13 Å². The Morgan fingerprint density at radius 2 is 1.72 bits per heavy atom. The lowest BCUT2D eigenvalue weighted by atomic mass is 10.1. The van der Waals surface area contributed by atoms with Gasteiger partial charge in [0.1, 0.15) is 5.01 Å². The maximum absolute atomic E-state index is 6.07. The molecule has 142 valence electrons. The van der Waals surface area contributed by atoms with Crippen molar-refractivity contribution < 1.29 is 0 Å². The Kier molecular flexibility index (Phi) is 5.02. The first-order chi connectivity index (χ1) is 14.2. The summed E-state index contributed by atoms with van der Waals surface area (Å²) in [6, 6.07) is 24.5. The van der Waals surface area contributed by atoms with Crippen LogP contribution in [0.3, 0.4) is 0 Å². The molecule has 0 bridgehead atoms. The Balaban J connectivity index is 1.34. The van der Waals surface area contributed by atoms with Crippen molar-refractivity contribution in [3.8, 4) is 21.8 Å². The summed E-state index contributed by atoms with van der Waals surface area (Å²) in [7, 11) is 0. The van der Waals surface area contributed by atoms with Gasteiger partial charge in [0.05, 0.1) is 15.9 Å². The molecule has 0 fully saturated rings. The minimum atomic E-state index is 0.707. The van der Waals surface area contributed by atoms with Crippen molar-refractivity contribution in [2.24, 2.45) is 0 Å². The van der Waals surface area contributed by atoms with Crippen molar-refractivity contribution >= 4 is 49.6 Å². The molecule has 3 nitrogen and oxygen atoms in total. The highest BCUT2D eigenvalue weighted by Gasteiger charge is 2.08. The molecule has 0 aliphatic carbocycles. The van der Waals surface area contributed by atoms with Gasteiger partial charge in [-0.05, 0) is 29.8 Å². The summed E-state index contributed by atoms with van der Waals surface area (Å²) in [5.41, 5.74) is 5.45. The van der Waals surface area contributed by atoms with Crippen LogP contribution in [0.25, 0.3) is 32.0 Å². The first-order valence-electron chi connectivity index (χ1n) is 9.15. The molecular weight excluding hydrogens is 418 g/mol. The molecule has 0 aliphatic heterocycles. The molecule has 2 heterocycles. The van der Waals surface area contributed by atoms with Gasteiger partial charge in [-0.2, -0.15) is 0 Å². The molecule has 6 heteroatoms. The summed E-state index contributed by atoms with van der Waals surface area (Å²) in [4.78, 5) is 9.45. The Labute approximate surface area is 181 Å². The zero-order chi connectivity index (χ0) is 19.6. The summed E-state index contributed by atoms with van der Waals surface area (Å²) in [5, 5.41) is 8.20. The van der Waals surface area contributed by atoms with Crippen molar-refractivity contribution in [1.82, 2.24) is 9.97 Å². The average Bonchev–Trinajstić information content (AvgIpc) is 3.40. The van der Waals surface area contributed by atoms with Crippen LogP contribution < -0.4 is 5.32 Å². The maximum atomic E-state index is 6.07. The van der Waals surface area contributed by atoms with Crippen LogP contribution in [0.15, 0.2) is 78.2 Å². The van der Waals surface area contributed by atoms with Gasteiger partial charge in [0.2, 0.25) is 0 Å². The Hall–Kier alpha value is -2.73. The first kappa shape index (κ1) is 18.3. The largest absolute Gasteiger partial charge is 0.357 e. The van der Waals surface area contributed by atoms with E-state index >= 15 is 0 Å². The number of rotatable bonds is 5. The molecule has 1 N–H and O–H groups in total. The van der Waals surface area contributed by atoms with Crippen molar-refractivity contribution in [2.45, 2.75) is 6.54 Å². The monoisotopic (exact) mass is 433 g/mol. The number of hydrogen-bond acceptors (Lipinski definition) is 5. The van der Waals surface area contributed by atoms with Gasteiger partial charge in [-0.1, -0.05) is 71.5 Å². The molecule has 0 aliphatic rings. The van der Waals surface area contributed by atoms with E-state index in [1.807, 2.05) is 36.4 Å². The zero-order valence-electron chi connectivity index (χ0n) is 15.3. The Morgan fingerprint density at radius 3 is 2.62 bits per heavy atom. The zero-order valence-corrected chi connectivity index (χ0v) is 17.7. The molecule has 0 atom stereocenters. The van der Waals surface area contributed by atoms with E-state index in [0.717, 1.165) is 42.2 Å². The van der Waals surface area contributed by atoms with Crippen LogP contribution in [0.2, 0.25) is 5.02 Å². The molecule has 3 aromatic carbocycles. The standard InChI is InChI=1S/C23H16ClN3S2/c24-18-9-10-19-21(12-18)29-23(27-19)25-13-15-5-4-8-17(11-15)22-26-20(14-28-22)16-6-2-1-3-7-16/h1-12,14H,13H2,(H,25,27). The smallest absolute Gasteiger partial charge is 0.184 e. The van der Waals surface area contributed by atoms with Gasteiger partial charge in [0, 0.05) is 28.1 Å². The number of aromatic nitrogens is 2. The summed E-state index contributed by atoms with van der Waals surface area (Å²) in [5.74, 6) is 0. The van der Waals surface area contributed by atoms with Gasteiger partial charge in [-0.25, -0.2) is 9.97 Å². The van der Waals surface area contributed by atoms with Crippen molar-refractivity contribution in [3.63, 3.8) is 0 Å². The van der Waals surface area contributed by atoms with Gasteiger partial charge in [0.25, 0.3) is 0 Å². The molecule has 2 aromatic heterocycles. The van der Waals surface area contributed by atoms with E-state index in [9.17, 15) is 0 Å². The number of benzene rings is 3. The predicted molar refractivity (Wildman–Crippen MR) is 125 cm³/mol. The molecule has 0 unspecified atom stereocenters. The number of hydrogen-bond donors (Lipinski definition) is 1.